The summed E-state index contributed by atoms with van der Waals surface area (Å²) in [6.45, 7) is 1.02. The molecule has 2 amide bonds. The van der Waals surface area contributed by atoms with Crippen LogP contribution in [0.4, 0.5) is 5.69 Å². The summed E-state index contributed by atoms with van der Waals surface area (Å²) >= 11 is 0. The molecule has 0 bridgehead atoms. The number of para-hydroxylation sites is 1. The zero-order chi connectivity index (χ0) is 17.4. The van der Waals surface area contributed by atoms with E-state index in [0.29, 0.717) is 37.1 Å². The quantitative estimate of drug-likeness (QED) is 0.847. The number of piperazine rings is 1. The van der Waals surface area contributed by atoms with Crippen LogP contribution < -0.4 is 4.90 Å². The van der Waals surface area contributed by atoms with Crippen LogP contribution in [0.25, 0.3) is 0 Å². The van der Waals surface area contributed by atoms with E-state index in [1.807, 2.05) is 30.3 Å². The standard InChI is InChI=1S/C20H18N2O3/c23-18-10-9-15-16(18)7-4-8-17(15)20(25)21-11-12-22(19(24)13-21)14-5-2-1-3-6-14/h1-8H,9-13H2. The van der Waals surface area contributed by atoms with Gasteiger partial charge in [0.15, 0.2) is 5.78 Å². The lowest BCUT2D eigenvalue weighted by molar-refractivity contribution is -0.120. The summed E-state index contributed by atoms with van der Waals surface area (Å²) in [5, 5.41) is 0. The Bertz CT molecular complexity index is 860. The number of hydrogen-bond donors (Lipinski definition) is 0. The van der Waals surface area contributed by atoms with Crippen LogP contribution in [0.5, 0.6) is 0 Å². The Balaban J connectivity index is 1.54. The summed E-state index contributed by atoms with van der Waals surface area (Å²) in [7, 11) is 0. The molecule has 0 N–H and O–H groups in total. The summed E-state index contributed by atoms with van der Waals surface area (Å²) in [6, 6.07) is 14.8. The fraction of sp³-hybridized carbons (Fsp3) is 0.250. The molecule has 2 aliphatic rings. The van der Waals surface area contributed by atoms with Crippen LogP contribution in [0.15, 0.2) is 48.5 Å². The van der Waals surface area contributed by atoms with E-state index in [0.717, 1.165) is 11.3 Å². The number of carbonyl (C=O) groups is 3. The van der Waals surface area contributed by atoms with Crippen LogP contribution >= 0.6 is 0 Å². The summed E-state index contributed by atoms with van der Waals surface area (Å²) in [6.07, 6.45) is 1.06. The monoisotopic (exact) mass is 334 g/mol. The largest absolute Gasteiger partial charge is 0.328 e. The lowest BCUT2D eigenvalue weighted by atomic mass is 10.0. The fourth-order valence-corrected chi connectivity index (χ4v) is 3.59. The second kappa shape index (κ2) is 6.16. The molecular weight excluding hydrogens is 316 g/mol. The Kier molecular flexibility index (Phi) is 3.84. The molecule has 1 aliphatic carbocycles. The van der Waals surface area contributed by atoms with Crippen LogP contribution in [0.3, 0.4) is 0 Å². The minimum atomic E-state index is -0.160. The van der Waals surface area contributed by atoms with Crippen molar-refractivity contribution < 1.29 is 14.4 Å². The molecule has 0 unspecified atom stereocenters. The van der Waals surface area contributed by atoms with Crippen molar-refractivity contribution in [1.82, 2.24) is 4.90 Å². The summed E-state index contributed by atoms with van der Waals surface area (Å²) < 4.78 is 0. The molecule has 0 radical (unpaired) electrons. The molecule has 0 atom stereocenters. The van der Waals surface area contributed by atoms with Gasteiger partial charge in [-0.1, -0.05) is 30.3 Å². The number of fused-ring (bicyclic) bond motifs is 1. The van der Waals surface area contributed by atoms with Crippen molar-refractivity contribution in [3.05, 3.63) is 65.2 Å². The summed E-state index contributed by atoms with van der Waals surface area (Å²) in [5.74, 6) is -0.156. The van der Waals surface area contributed by atoms with E-state index in [9.17, 15) is 14.4 Å². The molecule has 5 nitrogen and oxygen atoms in total. The molecule has 126 valence electrons. The number of amides is 2. The SMILES string of the molecule is O=C1CCc2c1cccc2C(=O)N1CCN(c2ccccc2)C(=O)C1. The van der Waals surface area contributed by atoms with Gasteiger partial charge in [0.1, 0.15) is 6.54 Å². The molecular formula is C20H18N2O3. The number of hydrogen-bond acceptors (Lipinski definition) is 3. The first-order valence-electron chi connectivity index (χ1n) is 8.45. The van der Waals surface area contributed by atoms with Crippen molar-refractivity contribution in [3.8, 4) is 0 Å². The van der Waals surface area contributed by atoms with E-state index >= 15 is 0 Å². The number of anilines is 1. The van der Waals surface area contributed by atoms with Crippen molar-refractivity contribution in [1.29, 1.82) is 0 Å². The Morgan fingerprint density at radius 3 is 2.44 bits per heavy atom. The van der Waals surface area contributed by atoms with Gasteiger partial charge in [-0.25, -0.2) is 0 Å². The van der Waals surface area contributed by atoms with Crippen LogP contribution in [-0.2, 0) is 11.2 Å². The minimum absolute atomic E-state index is 0.0609. The number of nitrogens with zero attached hydrogens (tertiary/aromatic N) is 2. The molecule has 0 aromatic heterocycles. The lowest BCUT2D eigenvalue weighted by Gasteiger charge is -2.34. The highest BCUT2D eigenvalue weighted by atomic mass is 16.2. The Morgan fingerprint density at radius 1 is 0.880 bits per heavy atom. The zero-order valence-corrected chi connectivity index (χ0v) is 13.8. The van der Waals surface area contributed by atoms with Crippen LogP contribution in [-0.4, -0.2) is 42.1 Å². The highest BCUT2D eigenvalue weighted by molar-refractivity contribution is 6.07. The maximum atomic E-state index is 12.9. The van der Waals surface area contributed by atoms with Gasteiger partial charge in [0.25, 0.3) is 5.91 Å². The van der Waals surface area contributed by atoms with E-state index in [1.54, 1.807) is 28.0 Å². The minimum Gasteiger partial charge on any atom is -0.328 e. The van der Waals surface area contributed by atoms with Crippen LogP contribution in [0, 0.1) is 0 Å². The molecule has 5 heteroatoms. The van der Waals surface area contributed by atoms with E-state index in [2.05, 4.69) is 0 Å². The highest BCUT2D eigenvalue weighted by Gasteiger charge is 2.31. The van der Waals surface area contributed by atoms with Crippen molar-refractivity contribution in [3.63, 3.8) is 0 Å². The van der Waals surface area contributed by atoms with Crippen molar-refractivity contribution in [2.45, 2.75) is 12.8 Å². The van der Waals surface area contributed by atoms with E-state index in [4.69, 9.17) is 0 Å². The van der Waals surface area contributed by atoms with Gasteiger partial charge >= 0.3 is 0 Å². The molecule has 2 aromatic rings. The average Bonchev–Trinajstić information content (AvgIpc) is 3.03. The molecule has 0 spiro atoms. The first-order valence-corrected chi connectivity index (χ1v) is 8.45. The number of benzene rings is 2. The highest BCUT2D eigenvalue weighted by Crippen LogP contribution is 2.27. The Hall–Kier alpha value is -2.95. The molecule has 1 fully saturated rings. The van der Waals surface area contributed by atoms with Crippen molar-refractivity contribution >= 4 is 23.3 Å². The fourth-order valence-electron chi connectivity index (χ4n) is 3.59. The Morgan fingerprint density at radius 2 is 1.68 bits per heavy atom. The average molecular weight is 334 g/mol. The maximum absolute atomic E-state index is 12.9. The van der Waals surface area contributed by atoms with E-state index < -0.39 is 0 Å². The van der Waals surface area contributed by atoms with Gasteiger partial charge in [-0.05, 0) is 30.2 Å². The first-order chi connectivity index (χ1) is 12.1. The first kappa shape index (κ1) is 15.6. The van der Waals surface area contributed by atoms with Crippen LogP contribution in [0.1, 0.15) is 32.7 Å². The lowest BCUT2D eigenvalue weighted by Crippen LogP contribution is -2.52. The third kappa shape index (κ3) is 2.71. The van der Waals surface area contributed by atoms with Gasteiger partial charge in [-0.2, -0.15) is 0 Å². The molecule has 4 rings (SSSR count). The summed E-state index contributed by atoms with van der Waals surface area (Å²) in [5.41, 5.74) is 2.89. The Labute approximate surface area is 145 Å². The van der Waals surface area contributed by atoms with Gasteiger partial charge in [0, 0.05) is 36.3 Å². The normalized spacial score (nSPS) is 17.0. The van der Waals surface area contributed by atoms with Crippen molar-refractivity contribution in [2.75, 3.05) is 24.5 Å². The number of rotatable bonds is 2. The molecule has 1 saturated heterocycles. The second-order valence-corrected chi connectivity index (χ2v) is 6.36. The van der Waals surface area contributed by atoms with Gasteiger partial charge in [-0.15, -0.1) is 0 Å². The van der Waals surface area contributed by atoms with Gasteiger partial charge in [-0.3, -0.25) is 14.4 Å². The molecule has 0 saturated carbocycles. The van der Waals surface area contributed by atoms with E-state index in [1.165, 1.54) is 0 Å². The predicted molar refractivity (Wildman–Crippen MR) is 93.8 cm³/mol. The molecule has 2 aromatic carbocycles. The number of carbonyl (C=O) groups excluding carboxylic acids is 3. The smallest absolute Gasteiger partial charge is 0.254 e. The third-order valence-corrected chi connectivity index (χ3v) is 4.88. The molecule has 1 aliphatic heterocycles. The third-order valence-electron chi connectivity index (χ3n) is 4.88. The van der Waals surface area contributed by atoms with Gasteiger partial charge in [0.2, 0.25) is 5.91 Å². The van der Waals surface area contributed by atoms with Crippen molar-refractivity contribution in [2.24, 2.45) is 0 Å². The predicted octanol–water partition coefficient (Wildman–Crippen LogP) is 2.30. The van der Waals surface area contributed by atoms with E-state index in [-0.39, 0.29) is 24.1 Å². The molecule has 1 heterocycles. The number of ketones is 1. The number of Topliss-reactive ketones (excluding diaryl/α,β-unsaturated/α-hetero) is 1. The van der Waals surface area contributed by atoms with Gasteiger partial charge in [0.05, 0.1) is 0 Å². The second-order valence-electron chi connectivity index (χ2n) is 6.36. The van der Waals surface area contributed by atoms with Gasteiger partial charge < -0.3 is 9.80 Å². The zero-order valence-electron chi connectivity index (χ0n) is 13.8. The maximum Gasteiger partial charge on any atom is 0.254 e. The molecule has 25 heavy (non-hydrogen) atoms. The van der Waals surface area contributed by atoms with Crippen LogP contribution in [0.2, 0.25) is 0 Å². The topological polar surface area (TPSA) is 57.7 Å². The summed E-state index contributed by atoms with van der Waals surface area (Å²) in [4.78, 5) is 40.6.